The van der Waals surface area contributed by atoms with E-state index in [0.717, 1.165) is 28.0 Å². The van der Waals surface area contributed by atoms with Crippen molar-refractivity contribution in [1.82, 2.24) is 4.98 Å². The Morgan fingerprint density at radius 3 is 1.79 bits per heavy atom. The maximum atomic E-state index is 5.84. The van der Waals surface area contributed by atoms with E-state index in [-0.39, 0.29) is 0 Å². The number of hydrogen-bond acceptors (Lipinski definition) is 3. The summed E-state index contributed by atoms with van der Waals surface area (Å²) in [6.45, 7) is 0. The molecule has 0 aliphatic rings. The van der Waals surface area contributed by atoms with Gasteiger partial charge >= 0.3 is 0 Å². The smallest absolute Gasteiger partial charge is 0.227 e. The number of benzene rings is 4. The van der Waals surface area contributed by atoms with Gasteiger partial charge in [-0.05, 0) is 59.7 Å². The SMILES string of the molecule is c1ccc(-c2ccc(Nc3ccc(-c4nc5ccccc5o4)cc3)cc2)cc1. The van der Waals surface area contributed by atoms with Crippen LogP contribution in [0, 0.1) is 0 Å². The van der Waals surface area contributed by atoms with E-state index in [9.17, 15) is 0 Å². The van der Waals surface area contributed by atoms with Crippen molar-refractivity contribution in [1.29, 1.82) is 0 Å². The Hall–Kier alpha value is -3.85. The van der Waals surface area contributed by atoms with Crippen molar-refractivity contribution in [2.75, 3.05) is 5.32 Å². The first-order valence-corrected chi connectivity index (χ1v) is 9.24. The quantitative estimate of drug-likeness (QED) is 0.378. The summed E-state index contributed by atoms with van der Waals surface area (Å²) >= 11 is 0. The van der Waals surface area contributed by atoms with E-state index in [1.165, 1.54) is 11.1 Å². The summed E-state index contributed by atoms with van der Waals surface area (Å²) in [5.41, 5.74) is 7.13. The van der Waals surface area contributed by atoms with Crippen LogP contribution in [0.2, 0.25) is 0 Å². The molecule has 1 aromatic heterocycles. The van der Waals surface area contributed by atoms with Gasteiger partial charge in [0.2, 0.25) is 5.89 Å². The third-order valence-corrected chi connectivity index (χ3v) is 4.71. The van der Waals surface area contributed by atoms with Gasteiger partial charge in [0.25, 0.3) is 0 Å². The summed E-state index contributed by atoms with van der Waals surface area (Å²) in [5, 5.41) is 3.44. The monoisotopic (exact) mass is 362 g/mol. The van der Waals surface area contributed by atoms with Crippen molar-refractivity contribution < 1.29 is 4.42 Å². The van der Waals surface area contributed by atoms with Crippen LogP contribution in [0.1, 0.15) is 0 Å². The van der Waals surface area contributed by atoms with Crippen LogP contribution < -0.4 is 5.32 Å². The molecule has 0 radical (unpaired) electrons. The largest absolute Gasteiger partial charge is 0.436 e. The molecule has 0 saturated carbocycles. The van der Waals surface area contributed by atoms with Crippen LogP contribution in [0.3, 0.4) is 0 Å². The van der Waals surface area contributed by atoms with E-state index in [1.54, 1.807) is 0 Å². The molecule has 134 valence electrons. The van der Waals surface area contributed by atoms with E-state index < -0.39 is 0 Å². The fourth-order valence-electron chi connectivity index (χ4n) is 3.24. The van der Waals surface area contributed by atoms with E-state index in [4.69, 9.17) is 4.42 Å². The summed E-state index contributed by atoms with van der Waals surface area (Å²) in [5.74, 6) is 0.639. The molecule has 0 aliphatic heterocycles. The van der Waals surface area contributed by atoms with E-state index >= 15 is 0 Å². The Morgan fingerprint density at radius 1 is 0.536 bits per heavy atom. The minimum atomic E-state index is 0.639. The van der Waals surface area contributed by atoms with Crippen molar-refractivity contribution in [3.63, 3.8) is 0 Å². The van der Waals surface area contributed by atoms with Gasteiger partial charge in [-0.3, -0.25) is 0 Å². The second-order valence-electron chi connectivity index (χ2n) is 6.63. The molecule has 5 aromatic rings. The van der Waals surface area contributed by atoms with E-state index in [1.807, 2.05) is 54.6 Å². The normalized spacial score (nSPS) is 10.9. The van der Waals surface area contributed by atoms with Gasteiger partial charge < -0.3 is 9.73 Å². The molecule has 3 heteroatoms. The highest BCUT2D eigenvalue weighted by molar-refractivity contribution is 5.76. The standard InChI is InChI=1S/C25H18N2O/c1-2-6-18(7-3-1)19-10-14-21(15-11-19)26-22-16-12-20(13-17-22)25-27-23-8-4-5-9-24(23)28-25/h1-17,26H. The fraction of sp³-hybridized carbons (Fsp3) is 0. The number of hydrogen-bond donors (Lipinski definition) is 1. The van der Waals surface area contributed by atoms with Crippen molar-refractivity contribution in [3.05, 3.63) is 103 Å². The molecule has 0 aliphatic carbocycles. The molecule has 5 rings (SSSR count). The Kier molecular flexibility index (Phi) is 4.11. The van der Waals surface area contributed by atoms with Crippen molar-refractivity contribution >= 4 is 22.5 Å². The maximum absolute atomic E-state index is 5.84. The number of para-hydroxylation sites is 2. The predicted molar refractivity (Wildman–Crippen MR) is 115 cm³/mol. The predicted octanol–water partition coefficient (Wildman–Crippen LogP) is 6.91. The van der Waals surface area contributed by atoms with Crippen LogP contribution >= 0.6 is 0 Å². The molecule has 0 atom stereocenters. The van der Waals surface area contributed by atoms with Crippen LogP contribution in [0.5, 0.6) is 0 Å². The van der Waals surface area contributed by atoms with Crippen molar-refractivity contribution in [3.8, 4) is 22.6 Å². The molecule has 0 unspecified atom stereocenters. The molecule has 0 bridgehead atoms. The lowest BCUT2D eigenvalue weighted by atomic mass is 10.1. The molecular weight excluding hydrogens is 344 g/mol. The average molecular weight is 362 g/mol. The first kappa shape index (κ1) is 16.3. The molecule has 0 spiro atoms. The highest BCUT2D eigenvalue weighted by Crippen LogP contribution is 2.27. The van der Waals surface area contributed by atoms with Crippen molar-refractivity contribution in [2.45, 2.75) is 0 Å². The summed E-state index contributed by atoms with van der Waals surface area (Å²) < 4.78 is 5.84. The molecular formula is C25H18N2O. The zero-order chi connectivity index (χ0) is 18.8. The zero-order valence-electron chi connectivity index (χ0n) is 15.2. The highest BCUT2D eigenvalue weighted by Gasteiger charge is 2.07. The van der Waals surface area contributed by atoms with Crippen LogP contribution in [0.25, 0.3) is 33.7 Å². The molecule has 1 N–H and O–H groups in total. The number of nitrogens with one attached hydrogen (secondary N) is 1. The van der Waals surface area contributed by atoms with E-state index in [0.29, 0.717) is 5.89 Å². The summed E-state index contributed by atoms with van der Waals surface area (Å²) in [4.78, 5) is 4.55. The van der Waals surface area contributed by atoms with Gasteiger partial charge in [-0.15, -0.1) is 0 Å². The molecule has 0 saturated heterocycles. The lowest BCUT2D eigenvalue weighted by Crippen LogP contribution is -1.90. The second kappa shape index (κ2) is 7.05. The van der Waals surface area contributed by atoms with Crippen LogP contribution in [-0.2, 0) is 0 Å². The van der Waals surface area contributed by atoms with E-state index in [2.05, 4.69) is 58.8 Å². The topological polar surface area (TPSA) is 38.1 Å². The molecule has 0 fully saturated rings. The highest BCUT2D eigenvalue weighted by atomic mass is 16.3. The number of nitrogens with zero attached hydrogens (tertiary/aromatic N) is 1. The Labute approximate surface area is 163 Å². The van der Waals surface area contributed by atoms with Gasteiger partial charge in [0.1, 0.15) is 5.52 Å². The number of aromatic nitrogens is 1. The molecule has 0 amide bonds. The van der Waals surface area contributed by atoms with Gasteiger partial charge in [-0.25, -0.2) is 4.98 Å². The third kappa shape index (κ3) is 3.26. The zero-order valence-corrected chi connectivity index (χ0v) is 15.2. The van der Waals surface area contributed by atoms with Crippen molar-refractivity contribution in [2.24, 2.45) is 0 Å². The Morgan fingerprint density at radius 2 is 1.11 bits per heavy atom. The first-order chi connectivity index (χ1) is 13.8. The van der Waals surface area contributed by atoms with Gasteiger partial charge in [0.15, 0.2) is 5.58 Å². The number of oxazole rings is 1. The first-order valence-electron chi connectivity index (χ1n) is 9.24. The van der Waals surface area contributed by atoms with Gasteiger partial charge in [0, 0.05) is 16.9 Å². The van der Waals surface area contributed by atoms with Gasteiger partial charge in [-0.2, -0.15) is 0 Å². The maximum Gasteiger partial charge on any atom is 0.227 e. The number of fused-ring (bicyclic) bond motifs is 1. The second-order valence-corrected chi connectivity index (χ2v) is 6.63. The summed E-state index contributed by atoms with van der Waals surface area (Å²) in [6, 6.07) is 34.7. The minimum Gasteiger partial charge on any atom is -0.436 e. The lowest BCUT2D eigenvalue weighted by molar-refractivity contribution is 0.620. The van der Waals surface area contributed by atoms with Crippen LogP contribution in [0.15, 0.2) is 108 Å². The molecule has 4 aromatic carbocycles. The molecule has 1 heterocycles. The number of rotatable bonds is 4. The minimum absolute atomic E-state index is 0.639. The fourth-order valence-corrected chi connectivity index (χ4v) is 3.24. The third-order valence-electron chi connectivity index (χ3n) is 4.71. The Balaban J connectivity index is 1.33. The lowest BCUT2D eigenvalue weighted by Gasteiger charge is -2.08. The summed E-state index contributed by atoms with van der Waals surface area (Å²) in [6.07, 6.45) is 0. The molecule has 3 nitrogen and oxygen atoms in total. The van der Waals surface area contributed by atoms with Gasteiger partial charge in [-0.1, -0.05) is 54.6 Å². The van der Waals surface area contributed by atoms with Crippen LogP contribution in [0.4, 0.5) is 11.4 Å². The summed E-state index contributed by atoms with van der Waals surface area (Å²) in [7, 11) is 0. The molecule has 28 heavy (non-hydrogen) atoms. The van der Waals surface area contributed by atoms with Crippen LogP contribution in [-0.4, -0.2) is 4.98 Å². The number of anilines is 2. The van der Waals surface area contributed by atoms with Gasteiger partial charge in [0.05, 0.1) is 0 Å². The average Bonchev–Trinajstić information content (AvgIpc) is 3.20. The Bertz CT molecular complexity index is 1170.